The van der Waals surface area contributed by atoms with E-state index < -0.39 is 12.0 Å². The number of benzene rings is 1. The van der Waals surface area contributed by atoms with Crippen molar-refractivity contribution in [2.75, 3.05) is 4.90 Å². The molecule has 0 aliphatic carbocycles. The van der Waals surface area contributed by atoms with Crippen molar-refractivity contribution in [3.05, 3.63) is 30.3 Å². The summed E-state index contributed by atoms with van der Waals surface area (Å²) in [5, 5.41) is 9.36. The number of rotatable bonds is 4. The van der Waals surface area contributed by atoms with E-state index in [9.17, 15) is 9.59 Å². The average molecular weight is 292 g/mol. The van der Waals surface area contributed by atoms with Crippen molar-refractivity contribution >= 4 is 34.9 Å². The van der Waals surface area contributed by atoms with Crippen molar-refractivity contribution in [1.29, 1.82) is 0 Å². The molecule has 106 valence electrons. The van der Waals surface area contributed by atoms with Gasteiger partial charge < -0.3 is 10.0 Å². The lowest BCUT2D eigenvalue weighted by molar-refractivity contribution is -0.140. The first-order valence-electron chi connectivity index (χ1n) is 6.36. The number of hydrogen-bond donors (Lipinski definition) is 1. The maximum absolute atomic E-state index is 12.5. The largest absolute Gasteiger partial charge is 0.481 e. The Kier molecular flexibility index (Phi) is 4.04. The Morgan fingerprint density at radius 2 is 1.95 bits per heavy atom. The van der Waals surface area contributed by atoms with Crippen LogP contribution in [0.3, 0.4) is 0 Å². The molecule has 0 radical (unpaired) electrons. The second kappa shape index (κ2) is 5.58. The number of nitrogens with zero attached hydrogens (tertiary/aromatic N) is 2. The van der Waals surface area contributed by atoms with Gasteiger partial charge in [-0.3, -0.25) is 14.5 Å². The summed E-state index contributed by atoms with van der Waals surface area (Å²) < 4.78 is 0. The molecule has 1 aromatic carbocycles. The fourth-order valence-electron chi connectivity index (χ4n) is 2.36. The predicted molar refractivity (Wildman–Crippen MR) is 79.5 cm³/mol. The van der Waals surface area contributed by atoms with E-state index in [0.29, 0.717) is 10.8 Å². The van der Waals surface area contributed by atoms with Gasteiger partial charge in [0.25, 0.3) is 5.91 Å². The molecule has 1 saturated heterocycles. The molecule has 1 amide bonds. The predicted octanol–water partition coefficient (Wildman–Crippen LogP) is 1.87. The number of carboxylic acid groups (broad SMARTS) is 1. The number of aliphatic carboxylic acids is 1. The van der Waals surface area contributed by atoms with Gasteiger partial charge in [0.15, 0.2) is 5.11 Å². The summed E-state index contributed by atoms with van der Waals surface area (Å²) >= 11 is 5.37. The fourth-order valence-corrected chi connectivity index (χ4v) is 2.89. The highest BCUT2D eigenvalue weighted by molar-refractivity contribution is 7.80. The van der Waals surface area contributed by atoms with Gasteiger partial charge in [0.1, 0.15) is 6.04 Å². The molecule has 2 rings (SSSR count). The van der Waals surface area contributed by atoms with Crippen LogP contribution < -0.4 is 4.90 Å². The molecule has 1 aliphatic rings. The standard InChI is InChI=1S/C14H16N2O3S/c1-9(2)15-11(8-12(17)18)13(19)16(14(15)20)10-6-4-3-5-7-10/h3-7,9,11H,8H2,1-2H3,(H,17,18)/t11-/m1/s1. The molecule has 0 aromatic heterocycles. The molecule has 1 aliphatic heterocycles. The van der Waals surface area contributed by atoms with Gasteiger partial charge in [-0.1, -0.05) is 18.2 Å². The minimum Gasteiger partial charge on any atom is -0.481 e. The van der Waals surface area contributed by atoms with Crippen LogP contribution in [0.15, 0.2) is 30.3 Å². The first-order chi connectivity index (χ1) is 9.43. The van der Waals surface area contributed by atoms with E-state index in [-0.39, 0.29) is 18.4 Å². The van der Waals surface area contributed by atoms with Gasteiger partial charge in [-0.25, -0.2) is 0 Å². The highest BCUT2D eigenvalue weighted by Gasteiger charge is 2.45. The van der Waals surface area contributed by atoms with Crippen LogP contribution in [0.4, 0.5) is 5.69 Å². The van der Waals surface area contributed by atoms with Gasteiger partial charge in [0.2, 0.25) is 0 Å². The average Bonchev–Trinajstić information content (AvgIpc) is 2.61. The van der Waals surface area contributed by atoms with Crippen LogP contribution in [0, 0.1) is 0 Å². The van der Waals surface area contributed by atoms with E-state index >= 15 is 0 Å². The van der Waals surface area contributed by atoms with Crippen molar-refractivity contribution in [2.45, 2.75) is 32.4 Å². The van der Waals surface area contributed by atoms with E-state index in [2.05, 4.69) is 0 Å². The molecule has 1 aromatic rings. The zero-order valence-electron chi connectivity index (χ0n) is 11.3. The van der Waals surface area contributed by atoms with Crippen LogP contribution in [-0.4, -0.2) is 39.1 Å². The number of carbonyl (C=O) groups excluding carboxylic acids is 1. The van der Waals surface area contributed by atoms with Crippen molar-refractivity contribution in [3.8, 4) is 0 Å². The smallest absolute Gasteiger partial charge is 0.305 e. The quantitative estimate of drug-likeness (QED) is 0.859. The van der Waals surface area contributed by atoms with Crippen molar-refractivity contribution in [3.63, 3.8) is 0 Å². The summed E-state index contributed by atoms with van der Waals surface area (Å²) in [7, 11) is 0. The summed E-state index contributed by atoms with van der Waals surface area (Å²) in [6.07, 6.45) is -0.250. The topological polar surface area (TPSA) is 60.9 Å². The van der Waals surface area contributed by atoms with E-state index in [4.69, 9.17) is 17.3 Å². The lowest BCUT2D eigenvalue weighted by atomic mass is 10.1. The summed E-state index contributed by atoms with van der Waals surface area (Å²) in [4.78, 5) is 26.6. The molecule has 20 heavy (non-hydrogen) atoms. The van der Waals surface area contributed by atoms with Gasteiger partial charge in [-0.15, -0.1) is 0 Å². The zero-order valence-corrected chi connectivity index (χ0v) is 12.1. The van der Waals surface area contributed by atoms with Crippen molar-refractivity contribution in [2.24, 2.45) is 0 Å². The van der Waals surface area contributed by atoms with E-state index in [1.165, 1.54) is 4.90 Å². The SMILES string of the molecule is CC(C)N1C(=S)N(c2ccccc2)C(=O)[C@H]1CC(=O)O. The second-order valence-electron chi connectivity index (χ2n) is 4.91. The van der Waals surface area contributed by atoms with E-state index in [1.807, 2.05) is 32.0 Å². The first kappa shape index (κ1) is 14.5. The van der Waals surface area contributed by atoms with Crippen LogP contribution in [0.5, 0.6) is 0 Å². The Morgan fingerprint density at radius 3 is 2.45 bits per heavy atom. The monoisotopic (exact) mass is 292 g/mol. The molecule has 6 heteroatoms. The molecule has 0 saturated carbocycles. The number of carbonyl (C=O) groups is 2. The lowest BCUT2D eigenvalue weighted by Gasteiger charge is -2.27. The van der Waals surface area contributed by atoms with E-state index in [0.717, 1.165) is 0 Å². The van der Waals surface area contributed by atoms with Crippen LogP contribution in [0.2, 0.25) is 0 Å². The summed E-state index contributed by atoms with van der Waals surface area (Å²) in [5.41, 5.74) is 0.668. The maximum Gasteiger partial charge on any atom is 0.305 e. The zero-order chi connectivity index (χ0) is 14.9. The molecule has 5 nitrogen and oxygen atoms in total. The van der Waals surface area contributed by atoms with Gasteiger partial charge in [-0.05, 0) is 38.2 Å². The van der Waals surface area contributed by atoms with Crippen LogP contribution in [0.1, 0.15) is 20.3 Å². The van der Waals surface area contributed by atoms with Crippen LogP contribution >= 0.6 is 12.2 Å². The van der Waals surface area contributed by atoms with E-state index in [1.54, 1.807) is 17.0 Å². The lowest BCUT2D eigenvalue weighted by Crippen LogP contribution is -2.41. The highest BCUT2D eigenvalue weighted by atomic mass is 32.1. The number of hydrogen-bond acceptors (Lipinski definition) is 3. The van der Waals surface area contributed by atoms with Crippen molar-refractivity contribution < 1.29 is 14.7 Å². The fraction of sp³-hybridized carbons (Fsp3) is 0.357. The number of carboxylic acids is 1. The number of para-hydroxylation sites is 1. The third-order valence-corrected chi connectivity index (χ3v) is 3.59. The molecule has 1 fully saturated rings. The van der Waals surface area contributed by atoms with Crippen molar-refractivity contribution in [1.82, 2.24) is 4.90 Å². The minimum atomic E-state index is -1.01. The third kappa shape index (κ3) is 2.51. The molecule has 1 atom stereocenters. The normalized spacial score (nSPS) is 19.1. The van der Waals surface area contributed by atoms with Gasteiger partial charge in [-0.2, -0.15) is 0 Å². The molecular formula is C14H16N2O3S. The Balaban J connectivity index is 2.39. The summed E-state index contributed by atoms with van der Waals surface area (Å²) in [6.45, 7) is 3.78. The molecule has 1 heterocycles. The van der Waals surface area contributed by atoms with Crippen LogP contribution in [-0.2, 0) is 9.59 Å². The Labute approximate surface area is 122 Å². The Hall–Kier alpha value is -1.95. The molecule has 0 bridgehead atoms. The Bertz CT molecular complexity index is 545. The summed E-state index contributed by atoms with van der Waals surface area (Å²) in [5.74, 6) is -1.29. The first-order valence-corrected chi connectivity index (χ1v) is 6.77. The molecular weight excluding hydrogens is 276 g/mol. The number of amides is 1. The van der Waals surface area contributed by atoms with Gasteiger partial charge >= 0.3 is 5.97 Å². The van der Waals surface area contributed by atoms with Crippen LogP contribution in [0.25, 0.3) is 0 Å². The molecule has 0 spiro atoms. The summed E-state index contributed by atoms with van der Waals surface area (Å²) in [6, 6.07) is 8.27. The molecule has 0 unspecified atom stereocenters. The highest BCUT2D eigenvalue weighted by Crippen LogP contribution is 2.28. The van der Waals surface area contributed by atoms with Gasteiger partial charge in [0, 0.05) is 6.04 Å². The second-order valence-corrected chi connectivity index (χ2v) is 5.27. The molecule has 1 N–H and O–H groups in total. The number of thiocarbonyl (C=S) groups is 1. The van der Waals surface area contributed by atoms with Gasteiger partial charge in [0.05, 0.1) is 12.1 Å². The maximum atomic E-state index is 12.5. The minimum absolute atomic E-state index is 0.0375. The Morgan fingerprint density at radius 1 is 1.35 bits per heavy atom. The third-order valence-electron chi connectivity index (χ3n) is 3.19. The number of anilines is 1.